The van der Waals surface area contributed by atoms with Crippen LogP contribution < -0.4 is 10.2 Å². The minimum absolute atomic E-state index is 0.617. The summed E-state index contributed by atoms with van der Waals surface area (Å²) >= 11 is 0. The Labute approximate surface area is 126 Å². The fourth-order valence-electron chi connectivity index (χ4n) is 3.65. The van der Waals surface area contributed by atoms with Crippen LogP contribution in [0.15, 0.2) is 42.5 Å². The van der Waals surface area contributed by atoms with Gasteiger partial charge in [-0.25, -0.2) is 0 Å². The number of nitrogens with zero attached hydrogens (tertiary/aromatic N) is 1. The molecule has 2 aliphatic heterocycles. The Morgan fingerprint density at radius 3 is 2.95 bits per heavy atom. The second-order valence-electron chi connectivity index (χ2n) is 6.31. The fourth-order valence-corrected chi connectivity index (χ4v) is 3.65. The highest BCUT2D eigenvalue weighted by molar-refractivity contribution is 5.59. The number of benzene rings is 2. The van der Waals surface area contributed by atoms with Crippen LogP contribution in [0.4, 0.5) is 11.4 Å². The molecule has 0 saturated heterocycles. The van der Waals surface area contributed by atoms with Crippen molar-refractivity contribution >= 4 is 11.4 Å². The molecule has 0 amide bonds. The van der Waals surface area contributed by atoms with Crippen molar-refractivity contribution < 1.29 is 0 Å². The minimum atomic E-state index is 0.617. The molecule has 21 heavy (non-hydrogen) atoms. The van der Waals surface area contributed by atoms with Crippen molar-refractivity contribution in [3.63, 3.8) is 0 Å². The zero-order chi connectivity index (χ0) is 14.2. The molecule has 0 aliphatic carbocycles. The summed E-state index contributed by atoms with van der Waals surface area (Å²) in [5.41, 5.74) is 7.16. The molecule has 2 nitrogen and oxygen atoms in total. The lowest BCUT2D eigenvalue weighted by atomic mass is 9.96. The van der Waals surface area contributed by atoms with E-state index in [0.717, 1.165) is 19.5 Å². The van der Waals surface area contributed by atoms with E-state index in [0.29, 0.717) is 6.04 Å². The van der Waals surface area contributed by atoms with Crippen molar-refractivity contribution in [1.29, 1.82) is 0 Å². The first-order valence-corrected chi connectivity index (χ1v) is 8.01. The van der Waals surface area contributed by atoms with Gasteiger partial charge in [0.15, 0.2) is 0 Å². The maximum atomic E-state index is 3.44. The maximum absolute atomic E-state index is 3.44. The predicted octanol–water partition coefficient (Wildman–Crippen LogP) is 4.00. The highest BCUT2D eigenvalue weighted by Crippen LogP contribution is 2.32. The topological polar surface area (TPSA) is 15.3 Å². The molecule has 2 heteroatoms. The van der Waals surface area contributed by atoms with Crippen LogP contribution in [0.5, 0.6) is 0 Å². The number of fused-ring (bicyclic) bond motifs is 2. The zero-order valence-electron chi connectivity index (χ0n) is 12.6. The quantitative estimate of drug-likeness (QED) is 0.893. The number of rotatable bonds is 2. The van der Waals surface area contributed by atoms with Gasteiger partial charge in [0.25, 0.3) is 0 Å². The summed E-state index contributed by atoms with van der Waals surface area (Å²) in [6.07, 6.45) is 3.63. The monoisotopic (exact) mass is 278 g/mol. The third kappa shape index (κ3) is 2.29. The van der Waals surface area contributed by atoms with Gasteiger partial charge in [-0.2, -0.15) is 0 Å². The van der Waals surface area contributed by atoms with Gasteiger partial charge in [0.05, 0.1) is 0 Å². The number of hydrogen-bond donors (Lipinski definition) is 1. The van der Waals surface area contributed by atoms with Crippen LogP contribution in [0.1, 0.15) is 30.0 Å². The number of para-hydroxylation sites is 1. The molecule has 2 aliphatic rings. The Morgan fingerprint density at radius 1 is 1.10 bits per heavy atom. The van der Waals surface area contributed by atoms with Crippen LogP contribution in [0, 0.1) is 0 Å². The molecule has 2 aromatic carbocycles. The van der Waals surface area contributed by atoms with Crippen molar-refractivity contribution in [2.24, 2.45) is 0 Å². The summed E-state index contributed by atoms with van der Waals surface area (Å²) < 4.78 is 0. The van der Waals surface area contributed by atoms with Crippen molar-refractivity contribution in [1.82, 2.24) is 0 Å². The Balaban J connectivity index is 1.64. The zero-order valence-corrected chi connectivity index (χ0v) is 12.6. The molecular weight excluding hydrogens is 256 g/mol. The van der Waals surface area contributed by atoms with E-state index < -0.39 is 0 Å². The largest absolute Gasteiger partial charge is 0.384 e. The number of nitrogens with one attached hydrogen (secondary N) is 1. The van der Waals surface area contributed by atoms with Crippen LogP contribution in [0.2, 0.25) is 0 Å². The third-order valence-corrected chi connectivity index (χ3v) is 4.90. The normalized spacial score (nSPS) is 19.9. The SMILES string of the molecule is CC1CCc2ccccc2N1Cc1ccc2c(c1)CCN2. The van der Waals surface area contributed by atoms with Gasteiger partial charge < -0.3 is 10.2 Å². The fraction of sp³-hybridized carbons (Fsp3) is 0.368. The van der Waals surface area contributed by atoms with Crippen LogP contribution in [-0.2, 0) is 19.4 Å². The Morgan fingerprint density at radius 2 is 2.00 bits per heavy atom. The van der Waals surface area contributed by atoms with Crippen LogP contribution >= 0.6 is 0 Å². The summed E-state index contributed by atoms with van der Waals surface area (Å²) in [6.45, 7) is 4.46. The van der Waals surface area contributed by atoms with E-state index in [9.17, 15) is 0 Å². The first-order valence-electron chi connectivity index (χ1n) is 8.01. The van der Waals surface area contributed by atoms with Gasteiger partial charge in [-0.05, 0) is 55.0 Å². The molecule has 2 heterocycles. The molecule has 108 valence electrons. The van der Waals surface area contributed by atoms with E-state index in [1.165, 1.54) is 40.9 Å². The Kier molecular flexibility index (Phi) is 3.10. The molecule has 0 spiro atoms. The molecule has 1 N–H and O–H groups in total. The molecule has 0 fully saturated rings. The highest BCUT2D eigenvalue weighted by Gasteiger charge is 2.23. The van der Waals surface area contributed by atoms with Gasteiger partial charge in [-0.3, -0.25) is 0 Å². The number of anilines is 2. The molecule has 0 aromatic heterocycles. The predicted molar refractivity (Wildman–Crippen MR) is 89.0 cm³/mol. The molecule has 2 aromatic rings. The summed E-state index contributed by atoms with van der Waals surface area (Å²) in [4.78, 5) is 2.57. The standard InChI is InChI=1S/C19H22N2/c1-14-6-8-16-4-2-3-5-19(16)21(14)13-15-7-9-18-17(12-15)10-11-20-18/h2-5,7,9,12,14,20H,6,8,10-11,13H2,1H3. The highest BCUT2D eigenvalue weighted by atomic mass is 15.2. The Hall–Kier alpha value is -1.96. The van der Waals surface area contributed by atoms with E-state index in [2.05, 4.69) is 59.6 Å². The summed E-state index contributed by atoms with van der Waals surface area (Å²) in [5, 5.41) is 3.44. The van der Waals surface area contributed by atoms with E-state index in [1.54, 1.807) is 0 Å². The molecular formula is C19H22N2. The van der Waals surface area contributed by atoms with Crippen molar-refractivity contribution in [3.05, 3.63) is 59.2 Å². The summed E-state index contributed by atoms with van der Waals surface area (Å²) in [7, 11) is 0. The average molecular weight is 278 g/mol. The van der Waals surface area contributed by atoms with E-state index in [-0.39, 0.29) is 0 Å². The van der Waals surface area contributed by atoms with Crippen molar-refractivity contribution in [3.8, 4) is 0 Å². The maximum Gasteiger partial charge on any atom is 0.0432 e. The van der Waals surface area contributed by atoms with Crippen molar-refractivity contribution in [2.45, 2.75) is 38.8 Å². The smallest absolute Gasteiger partial charge is 0.0432 e. The Bertz CT molecular complexity index is 662. The van der Waals surface area contributed by atoms with Gasteiger partial charge in [0, 0.05) is 30.5 Å². The molecule has 4 rings (SSSR count). The van der Waals surface area contributed by atoms with Crippen molar-refractivity contribution in [2.75, 3.05) is 16.8 Å². The van der Waals surface area contributed by atoms with E-state index in [4.69, 9.17) is 0 Å². The van der Waals surface area contributed by atoms with Crippen LogP contribution in [-0.4, -0.2) is 12.6 Å². The van der Waals surface area contributed by atoms with Gasteiger partial charge in [-0.15, -0.1) is 0 Å². The third-order valence-electron chi connectivity index (χ3n) is 4.90. The lowest BCUT2D eigenvalue weighted by Crippen LogP contribution is -2.36. The lowest BCUT2D eigenvalue weighted by Gasteiger charge is -2.37. The molecule has 1 unspecified atom stereocenters. The van der Waals surface area contributed by atoms with E-state index >= 15 is 0 Å². The lowest BCUT2D eigenvalue weighted by molar-refractivity contribution is 0.560. The van der Waals surface area contributed by atoms with E-state index in [1.807, 2.05) is 0 Å². The van der Waals surface area contributed by atoms with Gasteiger partial charge in [0.2, 0.25) is 0 Å². The second-order valence-corrected chi connectivity index (χ2v) is 6.31. The van der Waals surface area contributed by atoms with Gasteiger partial charge in [-0.1, -0.05) is 30.3 Å². The molecule has 0 saturated carbocycles. The minimum Gasteiger partial charge on any atom is -0.384 e. The number of hydrogen-bond acceptors (Lipinski definition) is 2. The average Bonchev–Trinajstić information content (AvgIpc) is 2.98. The summed E-state index contributed by atoms with van der Waals surface area (Å²) in [6, 6.07) is 16.4. The van der Waals surface area contributed by atoms with Gasteiger partial charge >= 0.3 is 0 Å². The molecule has 1 atom stereocenters. The first kappa shape index (κ1) is 12.8. The summed E-state index contributed by atoms with van der Waals surface area (Å²) in [5.74, 6) is 0. The number of aryl methyl sites for hydroxylation is 1. The van der Waals surface area contributed by atoms with Gasteiger partial charge in [0.1, 0.15) is 0 Å². The van der Waals surface area contributed by atoms with Crippen LogP contribution in [0.3, 0.4) is 0 Å². The second kappa shape index (κ2) is 5.10. The molecule has 0 bridgehead atoms. The first-order chi connectivity index (χ1) is 10.3. The van der Waals surface area contributed by atoms with Crippen LogP contribution in [0.25, 0.3) is 0 Å². The molecule has 0 radical (unpaired) electrons.